The third-order valence-corrected chi connectivity index (χ3v) is 5.50. The molecule has 0 aliphatic carbocycles. The molecule has 2 aromatic heterocycles. The van der Waals surface area contributed by atoms with Crippen LogP contribution in [0.3, 0.4) is 0 Å². The van der Waals surface area contributed by atoms with Gasteiger partial charge in [-0.2, -0.15) is 5.10 Å². The molecule has 0 radical (unpaired) electrons. The molecule has 2 aliphatic heterocycles. The molecule has 1 amide bonds. The summed E-state index contributed by atoms with van der Waals surface area (Å²) in [7, 11) is 0. The quantitative estimate of drug-likeness (QED) is 0.854. The number of aromatic nitrogens is 2. The van der Waals surface area contributed by atoms with Gasteiger partial charge in [-0.25, -0.2) is 4.79 Å². The number of aromatic amines is 1. The van der Waals surface area contributed by atoms with Gasteiger partial charge in [0.15, 0.2) is 0 Å². The third kappa shape index (κ3) is 2.96. The van der Waals surface area contributed by atoms with Crippen molar-refractivity contribution in [3.05, 3.63) is 50.3 Å². The molecule has 138 valence electrons. The van der Waals surface area contributed by atoms with Crippen LogP contribution in [0.25, 0.3) is 0 Å². The summed E-state index contributed by atoms with van der Waals surface area (Å²) in [6, 6.07) is 1.87. The Morgan fingerprint density at radius 1 is 1.38 bits per heavy atom. The summed E-state index contributed by atoms with van der Waals surface area (Å²) in [5.41, 5.74) is 3.36. The molecule has 1 atom stereocenters. The summed E-state index contributed by atoms with van der Waals surface area (Å²) in [5, 5.41) is 10.6. The Morgan fingerprint density at radius 3 is 2.96 bits per heavy atom. The van der Waals surface area contributed by atoms with Crippen molar-refractivity contribution >= 4 is 5.91 Å². The lowest BCUT2D eigenvalue weighted by atomic mass is 9.95. The highest BCUT2D eigenvalue weighted by atomic mass is 16.4. The zero-order valence-corrected chi connectivity index (χ0v) is 15.2. The first kappa shape index (κ1) is 17.0. The van der Waals surface area contributed by atoms with Crippen molar-refractivity contribution in [2.45, 2.75) is 45.6 Å². The summed E-state index contributed by atoms with van der Waals surface area (Å²) >= 11 is 0. The number of aryl methyl sites for hydroxylation is 2. The van der Waals surface area contributed by atoms with E-state index in [4.69, 9.17) is 4.42 Å². The second-order valence-corrected chi connectivity index (χ2v) is 7.29. The Labute approximate surface area is 151 Å². The topological polar surface area (TPSA) is 91.2 Å². The van der Waals surface area contributed by atoms with Gasteiger partial charge in [0.05, 0.1) is 5.69 Å². The molecular formula is C19H24N4O3. The fourth-order valence-electron chi connectivity index (χ4n) is 3.95. The van der Waals surface area contributed by atoms with Crippen molar-refractivity contribution in [1.82, 2.24) is 20.4 Å². The molecule has 1 unspecified atom stereocenters. The number of H-pyrrole nitrogens is 1. The van der Waals surface area contributed by atoms with E-state index in [1.165, 1.54) is 0 Å². The number of hydrogen-bond donors (Lipinski definition) is 2. The van der Waals surface area contributed by atoms with Crippen LogP contribution in [0.4, 0.5) is 0 Å². The number of nitrogens with one attached hydrogen (secondary N) is 2. The normalized spacial score (nSPS) is 20.1. The maximum Gasteiger partial charge on any atom is 0.349 e. The van der Waals surface area contributed by atoms with Crippen LogP contribution in [-0.2, 0) is 13.0 Å². The summed E-state index contributed by atoms with van der Waals surface area (Å²) in [6.07, 6.45) is 2.76. The smallest absolute Gasteiger partial charge is 0.349 e. The zero-order valence-electron chi connectivity index (χ0n) is 15.2. The molecule has 2 aliphatic rings. The number of hydrogen-bond acceptors (Lipinski definition) is 5. The Morgan fingerprint density at radius 2 is 2.23 bits per heavy atom. The molecule has 7 nitrogen and oxygen atoms in total. The number of piperidine rings is 1. The van der Waals surface area contributed by atoms with Gasteiger partial charge in [-0.1, -0.05) is 0 Å². The lowest BCUT2D eigenvalue weighted by Crippen LogP contribution is -2.39. The van der Waals surface area contributed by atoms with E-state index in [1.54, 1.807) is 4.90 Å². The molecule has 0 spiro atoms. The van der Waals surface area contributed by atoms with Crippen molar-refractivity contribution in [1.29, 1.82) is 0 Å². The van der Waals surface area contributed by atoms with E-state index in [0.717, 1.165) is 42.9 Å². The Balaban J connectivity index is 1.60. The maximum absolute atomic E-state index is 13.0. The molecule has 26 heavy (non-hydrogen) atoms. The van der Waals surface area contributed by atoms with Crippen molar-refractivity contribution in [2.75, 3.05) is 19.6 Å². The number of carbonyl (C=O) groups is 1. The van der Waals surface area contributed by atoms with E-state index in [1.807, 2.05) is 19.9 Å². The minimum absolute atomic E-state index is 0.155. The van der Waals surface area contributed by atoms with Crippen LogP contribution in [0.1, 0.15) is 57.4 Å². The van der Waals surface area contributed by atoms with E-state index in [9.17, 15) is 9.59 Å². The first-order valence-corrected chi connectivity index (χ1v) is 9.22. The first-order valence-electron chi connectivity index (χ1n) is 9.22. The van der Waals surface area contributed by atoms with Gasteiger partial charge in [0, 0.05) is 43.2 Å². The largest absolute Gasteiger partial charge is 0.427 e. The predicted molar refractivity (Wildman–Crippen MR) is 96.3 cm³/mol. The second kappa shape index (κ2) is 6.72. The second-order valence-electron chi connectivity index (χ2n) is 7.29. The van der Waals surface area contributed by atoms with E-state index >= 15 is 0 Å². The number of amides is 1. The predicted octanol–water partition coefficient (Wildman–Crippen LogP) is 1.65. The summed E-state index contributed by atoms with van der Waals surface area (Å²) in [5.74, 6) is 0.629. The molecular weight excluding hydrogens is 332 g/mol. The molecule has 2 aromatic rings. The monoisotopic (exact) mass is 356 g/mol. The maximum atomic E-state index is 13.0. The van der Waals surface area contributed by atoms with Crippen molar-refractivity contribution in [3.8, 4) is 0 Å². The van der Waals surface area contributed by atoms with E-state index in [2.05, 4.69) is 15.5 Å². The first-order chi connectivity index (χ1) is 12.5. The van der Waals surface area contributed by atoms with Crippen LogP contribution in [0.5, 0.6) is 0 Å². The minimum atomic E-state index is -0.523. The highest BCUT2D eigenvalue weighted by Gasteiger charge is 2.29. The molecule has 4 rings (SSSR count). The molecule has 7 heteroatoms. The number of rotatable bonds is 2. The average Bonchev–Trinajstić information content (AvgIpc) is 3.02. The fraction of sp³-hybridized carbons (Fsp3) is 0.526. The van der Waals surface area contributed by atoms with Crippen LogP contribution < -0.4 is 10.9 Å². The Kier molecular flexibility index (Phi) is 4.40. The van der Waals surface area contributed by atoms with E-state index in [-0.39, 0.29) is 17.4 Å². The zero-order chi connectivity index (χ0) is 18.3. The van der Waals surface area contributed by atoms with Crippen LogP contribution in [0.15, 0.2) is 15.3 Å². The number of carbonyl (C=O) groups excluding carboxylic acids is 1. The van der Waals surface area contributed by atoms with Gasteiger partial charge in [-0.3, -0.25) is 9.89 Å². The van der Waals surface area contributed by atoms with Gasteiger partial charge in [0.2, 0.25) is 0 Å². The van der Waals surface area contributed by atoms with Crippen molar-refractivity contribution in [2.24, 2.45) is 0 Å². The van der Waals surface area contributed by atoms with Crippen LogP contribution in [0, 0.1) is 13.8 Å². The van der Waals surface area contributed by atoms with E-state index in [0.29, 0.717) is 30.8 Å². The third-order valence-electron chi connectivity index (χ3n) is 5.50. The van der Waals surface area contributed by atoms with E-state index < -0.39 is 5.63 Å². The van der Waals surface area contributed by atoms with Gasteiger partial charge in [0.25, 0.3) is 5.91 Å². The molecule has 4 heterocycles. The summed E-state index contributed by atoms with van der Waals surface area (Å²) < 4.78 is 5.56. The average molecular weight is 356 g/mol. The van der Waals surface area contributed by atoms with Gasteiger partial charge >= 0.3 is 5.63 Å². The Bertz CT molecular complexity index is 893. The van der Waals surface area contributed by atoms with Crippen LogP contribution in [-0.4, -0.2) is 40.6 Å². The molecule has 1 saturated heterocycles. The fourth-order valence-corrected chi connectivity index (χ4v) is 3.95. The van der Waals surface area contributed by atoms with Crippen LogP contribution >= 0.6 is 0 Å². The van der Waals surface area contributed by atoms with Crippen molar-refractivity contribution < 1.29 is 9.21 Å². The van der Waals surface area contributed by atoms with Gasteiger partial charge in [0.1, 0.15) is 11.3 Å². The molecule has 1 fully saturated rings. The molecule has 0 saturated carbocycles. The highest BCUT2D eigenvalue weighted by molar-refractivity contribution is 5.95. The van der Waals surface area contributed by atoms with Gasteiger partial charge < -0.3 is 14.6 Å². The highest BCUT2D eigenvalue weighted by Crippen LogP contribution is 2.25. The van der Waals surface area contributed by atoms with Gasteiger partial charge in [-0.05, 0) is 44.9 Å². The lowest BCUT2D eigenvalue weighted by Gasteiger charge is -2.27. The van der Waals surface area contributed by atoms with Gasteiger partial charge in [-0.15, -0.1) is 0 Å². The van der Waals surface area contributed by atoms with Crippen molar-refractivity contribution in [3.63, 3.8) is 0 Å². The van der Waals surface area contributed by atoms with Crippen LogP contribution in [0.2, 0.25) is 0 Å². The summed E-state index contributed by atoms with van der Waals surface area (Å²) in [4.78, 5) is 27.3. The number of nitrogens with zero attached hydrogens (tertiary/aromatic N) is 2. The number of fused-ring (bicyclic) bond motifs is 1. The Hall–Kier alpha value is -2.41. The minimum Gasteiger partial charge on any atom is -0.427 e. The molecule has 0 bridgehead atoms. The lowest BCUT2D eigenvalue weighted by molar-refractivity contribution is 0.0728. The molecule has 2 N–H and O–H groups in total. The summed E-state index contributed by atoms with van der Waals surface area (Å²) in [6.45, 7) is 6.62. The standard InChI is InChI=1S/C19H24N4O3/c1-11-8-16(13-4-3-6-20-9-13)26-19(25)17(11)18(24)23-7-5-15-14(10-23)12(2)21-22-15/h8,13,20H,3-7,9-10H2,1-2H3,(H,21,22). The molecule has 0 aromatic carbocycles. The SMILES string of the molecule is Cc1cc(C2CCCNC2)oc(=O)c1C(=O)N1CCc2n[nH]c(C)c2C1.